The number of nitrogen functional groups attached to an aromatic ring is 1. The maximum atomic E-state index is 5.77. The highest BCUT2D eigenvalue weighted by atomic mass is 16.5. The Morgan fingerprint density at radius 1 is 1.00 bits per heavy atom. The van der Waals surface area contributed by atoms with Crippen LogP contribution in [0, 0.1) is 6.92 Å². The van der Waals surface area contributed by atoms with E-state index >= 15 is 0 Å². The number of anilines is 1. The van der Waals surface area contributed by atoms with Crippen LogP contribution < -0.4 is 5.73 Å². The molecule has 0 aliphatic carbocycles. The number of rotatable bonds is 4. The SMILES string of the molecule is Cc1cccc(Cc2noc(Cc3cccc(N)c3)n2)c1. The van der Waals surface area contributed by atoms with Crippen LogP contribution >= 0.6 is 0 Å². The number of hydrogen-bond donors (Lipinski definition) is 1. The third-order valence-corrected chi connectivity index (χ3v) is 3.26. The Bertz CT molecular complexity index is 687. The van der Waals surface area contributed by atoms with E-state index in [4.69, 9.17) is 10.3 Å². The van der Waals surface area contributed by atoms with E-state index < -0.39 is 0 Å². The summed E-state index contributed by atoms with van der Waals surface area (Å²) in [6, 6.07) is 16.0. The van der Waals surface area contributed by atoms with Crippen LogP contribution in [0.25, 0.3) is 0 Å². The molecule has 0 fully saturated rings. The summed E-state index contributed by atoms with van der Waals surface area (Å²) >= 11 is 0. The number of aromatic nitrogens is 2. The number of hydrogen-bond acceptors (Lipinski definition) is 4. The molecule has 1 heterocycles. The van der Waals surface area contributed by atoms with E-state index in [0.717, 1.165) is 11.3 Å². The molecule has 106 valence electrons. The summed E-state index contributed by atoms with van der Waals surface area (Å²) in [6.45, 7) is 2.07. The van der Waals surface area contributed by atoms with Gasteiger partial charge in [0.2, 0.25) is 5.89 Å². The molecule has 0 spiro atoms. The van der Waals surface area contributed by atoms with Gasteiger partial charge >= 0.3 is 0 Å². The van der Waals surface area contributed by atoms with Crippen molar-refractivity contribution in [2.24, 2.45) is 0 Å². The van der Waals surface area contributed by atoms with Crippen molar-refractivity contribution in [2.75, 3.05) is 5.73 Å². The lowest BCUT2D eigenvalue weighted by Crippen LogP contribution is -1.93. The lowest BCUT2D eigenvalue weighted by molar-refractivity contribution is 0.380. The third kappa shape index (κ3) is 3.48. The fraction of sp³-hybridized carbons (Fsp3) is 0.176. The fourth-order valence-corrected chi connectivity index (χ4v) is 2.32. The van der Waals surface area contributed by atoms with Gasteiger partial charge in [-0.05, 0) is 30.2 Å². The first-order chi connectivity index (χ1) is 10.2. The van der Waals surface area contributed by atoms with Crippen LogP contribution in [0.1, 0.15) is 28.4 Å². The van der Waals surface area contributed by atoms with Gasteiger partial charge in [-0.25, -0.2) is 0 Å². The Morgan fingerprint density at radius 3 is 2.52 bits per heavy atom. The highest BCUT2D eigenvalue weighted by molar-refractivity contribution is 5.41. The maximum Gasteiger partial charge on any atom is 0.231 e. The second kappa shape index (κ2) is 5.79. The van der Waals surface area contributed by atoms with Gasteiger partial charge < -0.3 is 10.3 Å². The largest absolute Gasteiger partial charge is 0.399 e. The van der Waals surface area contributed by atoms with Crippen LogP contribution in [0.2, 0.25) is 0 Å². The van der Waals surface area contributed by atoms with Gasteiger partial charge in [0.25, 0.3) is 0 Å². The zero-order chi connectivity index (χ0) is 14.7. The minimum absolute atomic E-state index is 0.603. The molecule has 0 saturated heterocycles. The minimum atomic E-state index is 0.603. The molecule has 0 unspecified atom stereocenters. The van der Waals surface area contributed by atoms with Crippen molar-refractivity contribution < 1.29 is 4.52 Å². The molecule has 0 bridgehead atoms. The number of nitrogens with zero attached hydrogens (tertiary/aromatic N) is 2. The maximum absolute atomic E-state index is 5.77. The molecule has 4 heteroatoms. The van der Waals surface area contributed by atoms with E-state index in [0.29, 0.717) is 24.6 Å². The first-order valence-corrected chi connectivity index (χ1v) is 6.90. The van der Waals surface area contributed by atoms with Crippen molar-refractivity contribution in [3.63, 3.8) is 0 Å². The number of benzene rings is 2. The lowest BCUT2D eigenvalue weighted by atomic mass is 10.1. The summed E-state index contributed by atoms with van der Waals surface area (Å²) in [5, 5.41) is 4.04. The zero-order valence-corrected chi connectivity index (χ0v) is 11.9. The first kappa shape index (κ1) is 13.4. The Labute approximate surface area is 123 Å². The average molecular weight is 279 g/mol. The van der Waals surface area contributed by atoms with Crippen molar-refractivity contribution >= 4 is 5.69 Å². The van der Waals surface area contributed by atoms with Gasteiger partial charge in [0.15, 0.2) is 5.82 Å². The molecule has 1 aromatic heterocycles. The molecule has 0 radical (unpaired) electrons. The molecule has 0 amide bonds. The smallest absolute Gasteiger partial charge is 0.231 e. The van der Waals surface area contributed by atoms with Gasteiger partial charge in [-0.15, -0.1) is 0 Å². The van der Waals surface area contributed by atoms with Crippen molar-refractivity contribution in [3.05, 3.63) is 76.9 Å². The Morgan fingerprint density at radius 2 is 1.76 bits per heavy atom. The molecule has 0 saturated carbocycles. The second-order valence-corrected chi connectivity index (χ2v) is 5.19. The Kier molecular flexibility index (Phi) is 3.69. The Hall–Kier alpha value is -2.62. The van der Waals surface area contributed by atoms with Gasteiger partial charge in [-0.2, -0.15) is 4.98 Å². The second-order valence-electron chi connectivity index (χ2n) is 5.19. The van der Waals surface area contributed by atoms with Crippen molar-refractivity contribution in [2.45, 2.75) is 19.8 Å². The van der Waals surface area contributed by atoms with Crippen LogP contribution in [-0.4, -0.2) is 10.1 Å². The highest BCUT2D eigenvalue weighted by Crippen LogP contribution is 2.13. The van der Waals surface area contributed by atoms with E-state index in [-0.39, 0.29) is 0 Å². The summed E-state index contributed by atoms with van der Waals surface area (Å²) in [7, 11) is 0. The van der Waals surface area contributed by atoms with Crippen LogP contribution in [-0.2, 0) is 12.8 Å². The number of nitrogens with two attached hydrogens (primary N) is 1. The molecule has 0 atom stereocenters. The predicted octanol–water partition coefficient (Wildman–Crippen LogP) is 3.14. The lowest BCUT2D eigenvalue weighted by Gasteiger charge is -1.98. The van der Waals surface area contributed by atoms with Crippen LogP contribution in [0.3, 0.4) is 0 Å². The monoisotopic (exact) mass is 279 g/mol. The number of aryl methyl sites for hydroxylation is 1. The van der Waals surface area contributed by atoms with Gasteiger partial charge in [-0.1, -0.05) is 47.1 Å². The van der Waals surface area contributed by atoms with E-state index in [1.807, 2.05) is 30.3 Å². The third-order valence-electron chi connectivity index (χ3n) is 3.26. The molecule has 0 aliphatic heterocycles. The molecular weight excluding hydrogens is 262 g/mol. The van der Waals surface area contributed by atoms with Crippen LogP contribution in [0.5, 0.6) is 0 Å². The standard InChI is InChI=1S/C17H17N3O/c1-12-4-2-5-13(8-12)10-16-19-17(21-20-16)11-14-6-3-7-15(18)9-14/h2-9H,10-11,18H2,1H3. The molecule has 21 heavy (non-hydrogen) atoms. The van der Waals surface area contributed by atoms with E-state index in [1.54, 1.807) is 0 Å². The van der Waals surface area contributed by atoms with Crippen LogP contribution in [0.4, 0.5) is 5.69 Å². The zero-order valence-electron chi connectivity index (χ0n) is 11.9. The molecule has 3 rings (SSSR count). The predicted molar refractivity (Wildman–Crippen MR) is 81.9 cm³/mol. The average Bonchev–Trinajstić information content (AvgIpc) is 2.86. The van der Waals surface area contributed by atoms with Crippen molar-refractivity contribution in [1.29, 1.82) is 0 Å². The summed E-state index contributed by atoms with van der Waals surface area (Å²) in [4.78, 5) is 4.44. The van der Waals surface area contributed by atoms with Gasteiger partial charge in [0.1, 0.15) is 0 Å². The van der Waals surface area contributed by atoms with E-state index in [9.17, 15) is 0 Å². The molecule has 0 aliphatic rings. The molecule has 3 aromatic rings. The van der Waals surface area contributed by atoms with Gasteiger partial charge in [0.05, 0.1) is 6.42 Å². The summed E-state index contributed by atoms with van der Waals surface area (Å²) in [6.07, 6.45) is 1.29. The van der Waals surface area contributed by atoms with Gasteiger partial charge in [-0.3, -0.25) is 0 Å². The quantitative estimate of drug-likeness (QED) is 0.745. The van der Waals surface area contributed by atoms with E-state index in [2.05, 4.69) is 35.3 Å². The Balaban J connectivity index is 1.71. The summed E-state index contributed by atoms with van der Waals surface area (Å²) < 4.78 is 5.31. The summed E-state index contributed by atoms with van der Waals surface area (Å²) in [5.74, 6) is 1.32. The van der Waals surface area contributed by atoms with Gasteiger partial charge in [0, 0.05) is 12.1 Å². The fourth-order valence-electron chi connectivity index (χ4n) is 2.32. The minimum Gasteiger partial charge on any atom is -0.399 e. The topological polar surface area (TPSA) is 64.9 Å². The van der Waals surface area contributed by atoms with Crippen LogP contribution in [0.15, 0.2) is 53.1 Å². The van der Waals surface area contributed by atoms with Crippen molar-refractivity contribution in [3.8, 4) is 0 Å². The molecule has 2 N–H and O–H groups in total. The van der Waals surface area contributed by atoms with Crippen molar-refractivity contribution in [1.82, 2.24) is 10.1 Å². The molecule has 4 nitrogen and oxygen atoms in total. The normalized spacial score (nSPS) is 10.7. The first-order valence-electron chi connectivity index (χ1n) is 6.90. The summed E-state index contributed by atoms with van der Waals surface area (Å²) in [5.41, 5.74) is 10.00. The van der Waals surface area contributed by atoms with E-state index in [1.165, 1.54) is 11.1 Å². The highest BCUT2D eigenvalue weighted by Gasteiger charge is 2.08. The molecular formula is C17H17N3O. The molecule has 2 aromatic carbocycles.